The highest BCUT2D eigenvalue weighted by atomic mass is 19.4. The fraction of sp³-hybridized carbons (Fsp3) is 0.200. The van der Waals surface area contributed by atoms with Crippen molar-refractivity contribution in [3.8, 4) is 11.5 Å². The molecule has 1 N–H and O–H groups in total. The molecule has 0 saturated heterocycles. The molecule has 1 aromatic heterocycles. The van der Waals surface area contributed by atoms with E-state index in [2.05, 4.69) is 10.4 Å². The molecule has 1 heterocycles. The van der Waals surface area contributed by atoms with Gasteiger partial charge in [-0.25, -0.2) is 0 Å². The normalized spacial score (nSPS) is 11.2. The molecule has 34 heavy (non-hydrogen) atoms. The van der Waals surface area contributed by atoms with Crippen molar-refractivity contribution in [3.63, 3.8) is 0 Å². The smallest absolute Gasteiger partial charge is 0.442 e. The van der Waals surface area contributed by atoms with Crippen molar-refractivity contribution >= 4 is 23.0 Å². The number of hydrogen-bond donors (Lipinski definition) is 1. The average Bonchev–Trinajstić information content (AvgIpc) is 3.04. The van der Waals surface area contributed by atoms with Gasteiger partial charge < -0.3 is 10.1 Å². The maximum Gasteiger partial charge on any atom is 0.442 e. The van der Waals surface area contributed by atoms with Gasteiger partial charge in [0.1, 0.15) is 23.7 Å². The number of hydrogen-bond acceptors (Lipinski definition) is 7. The second kappa shape index (κ2) is 9.17. The van der Waals surface area contributed by atoms with Crippen LogP contribution in [0.15, 0.2) is 42.5 Å². The Kier molecular flexibility index (Phi) is 6.51. The molecule has 0 fully saturated rings. The van der Waals surface area contributed by atoms with Gasteiger partial charge in [0.2, 0.25) is 11.6 Å². The molecule has 3 aromatic rings. The predicted molar refractivity (Wildman–Crippen MR) is 112 cm³/mol. The highest BCUT2D eigenvalue weighted by molar-refractivity contribution is 5.91. The number of aryl methyl sites for hydroxylation is 1. The number of benzene rings is 2. The highest BCUT2D eigenvalue weighted by Crippen LogP contribution is 2.37. The Bertz CT molecular complexity index is 1290. The van der Waals surface area contributed by atoms with Crippen LogP contribution in [0.5, 0.6) is 11.5 Å². The first kappa shape index (κ1) is 24.2. The zero-order chi connectivity index (χ0) is 25.2. The van der Waals surface area contributed by atoms with Crippen LogP contribution in [0.4, 0.5) is 30.2 Å². The molecule has 0 spiro atoms. The minimum Gasteiger partial charge on any atom is -0.457 e. The average molecular weight is 479 g/mol. The van der Waals surface area contributed by atoms with Crippen molar-refractivity contribution in [2.24, 2.45) is 0 Å². The van der Waals surface area contributed by atoms with Crippen molar-refractivity contribution in [2.75, 3.05) is 5.32 Å². The van der Waals surface area contributed by atoms with Crippen LogP contribution in [0.3, 0.4) is 0 Å². The number of rotatable bonds is 7. The minimum absolute atomic E-state index is 0.0281. The molecule has 0 aliphatic rings. The lowest BCUT2D eigenvalue weighted by Crippen LogP contribution is -2.21. The lowest BCUT2D eigenvalue weighted by atomic mass is 10.2. The first-order valence-electron chi connectivity index (χ1n) is 9.48. The second-order valence-corrected chi connectivity index (χ2v) is 7.13. The van der Waals surface area contributed by atoms with Gasteiger partial charge in [-0.15, -0.1) is 0 Å². The Labute approximate surface area is 189 Å². The number of alkyl halides is 3. The maximum atomic E-state index is 13.1. The molecule has 178 valence electrons. The predicted octanol–water partition coefficient (Wildman–Crippen LogP) is 4.77. The standard InChI is InChI=1S/C20H16F3N5O6/c1-11-4-3-5-15(6-11)34-16-8-13(7-14(9-16)27(30)31)24-17(29)10-26-12(2)18(28(32)33)19(25-26)20(21,22)23/h3-9H,10H2,1-2H3,(H,24,29). The molecule has 2 aromatic carbocycles. The van der Waals surface area contributed by atoms with Crippen LogP contribution < -0.4 is 10.1 Å². The Morgan fingerprint density at radius 1 is 1.09 bits per heavy atom. The molecule has 0 unspecified atom stereocenters. The van der Waals surface area contributed by atoms with E-state index in [-0.39, 0.29) is 11.4 Å². The summed E-state index contributed by atoms with van der Waals surface area (Å²) in [6, 6.07) is 10.3. The zero-order valence-corrected chi connectivity index (χ0v) is 17.6. The van der Waals surface area contributed by atoms with Gasteiger partial charge in [0, 0.05) is 12.1 Å². The number of non-ortho nitro benzene ring substituents is 1. The van der Waals surface area contributed by atoms with E-state index in [1.54, 1.807) is 18.2 Å². The van der Waals surface area contributed by atoms with Gasteiger partial charge in [0.05, 0.1) is 21.6 Å². The van der Waals surface area contributed by atoms with E-state index < -0.39 is 51.2 Å². The third-order valence-corrected chi connectivity index (χ3v) is 4.53. The summed E-state index contributed by atoms with van der Waals surface area (Å²) in [5.74, 6) is -0.506. The summed E-state index contributed by atoms with van der Waals surface area (Å²) in [4.78, 5) is 32.8. The summed E-state index contributed by atoms with van der Waals surface area (Å²) in [5, 5.41) is 27.8. The zero-order valence-electron chi connectivity index (χ0n) is 17.6. The van der Waals surface area contributed by atoms with Gasteiger partial charge in [-0.3, -0.25) is 29.7 Å². The fourth-order valence-corrected chi connectivity index (χ4v) is 3.07. The van der Waals surface area contributed by atoms with Crippen molar-refractivity contribution < 1.29 is 32.5 Å². The topological polar surface area (TPSA) is 142 Å². The molecular weight excluding hydrogens is 463 g/mol. The van der Waals surface area contributed by atoms with E-state index in [1.807, 2.05) is 13.0 Å². The van der Waals surface area contributed by atoms with E-state index in [9.17, 15) is 38.2 Å². The van der Waals surface area contributed by atoms with Gasteiger partial charge in [-0.05, 0) is 31.5 Å². The second-order valence-electron chi connectivity index (χ2n) is 7.13. The number of anilines is 1. The van der Waals surface area contributed by atoms with Crippen LogP contribution >= 0.6 is 0 Å². The third kappa shape index (κ3) is 5.46. The molecule has 14 heteroatoms. The number of amides is 1. The van der Waals surface area contributed by atoms with Crippen molar-refractivity contribution in [3.05, 3.63) is 79.6 Å². The number of nitrogens with one attached hydrogen (secondary N) is 1. The number of ether oxygens (including phenoxy) is 1. The van der Waals surface area contributed by atoms with Gasteiger partial charge in [-0.2, -0.15) is 18.3 Å². The van der Waals surface area contributed by atoms with E-state index in [0.29, 0.717) is 10.4 Å². The number of halogens is 3. The minimum atomic E-state index is -5.10. The molecule has 0 bridgehead atoms. The first-order chi connectivity index (χ1) is 15.8. The van der Waals surface area contributed by atoms with Crippen molar-refractivity contribution in [2.45, 2.75) is 26.6 Å². The van der Waals surface area contributed by atoms with Crippen molar-refractivity contribution in [1.82, 2.24) is 9.78 Å². The van der Waals surface area contributed by atoms with Crippen LogP contribution in [0.1, 0.15) is 17.0 Å². The summed E-state index contributed by atoms with van der Waals surface area (Å²) >= 11 is 0. The van der Waals surface area contributed by atoms with Crippen LogP contribution in [0.25, 0.3) is 0 Å². The van der Waals surface area contributed by atoms with Crippen LogP contribution in [-0.4, -0.2) is 25.5 Å². The Morgan fingerprint density at radius 2 is 1.79 bits per heavy atom. The molecule has 0 radical (unpaired) electrons. The molecule has 3 rings (SSSR count). The summed E-state index contributed by atoms with van der Waals surface area (Å²) < 4.78 is 45.4. The fourth-order valence-electron chi connectivity index (χ4n) is 3.07. The largest absolute Gasteiger partial charge is 0.457 e. The van der Waals surface area contributed by atoms with Gasteiger partial charge in [0.15, 0.2) is 0 Å². The van der Waals surface area contributed by atoms with Crippen LogP contribution in [0, 0.1) is 34.1 Å². The van der Waals surface area contributed by atoms with E-state index >= 15 is 0 Å². The summed E-state index contributed by atoms with van der Waals surface area (Å²) in [5.41, 5.74) is -3.08. The lowest BCUT2D eigenvalue weighted by Gasteiger charge is -2.10. The van der Waals surface area contributed by atoms with Gasteiger partial charge >= 0.3 is 11.9 Å². The maximum absolute atomic E-state index is 13.1. The van der Waals surface area contributed by atoms with E-state index in [4.69, 9.17) is 4.74 Å². The highest BCUT2D eigenvalue weighted by Gasteiger charge is 2.44. The summed E-state index contributed by atoms with van der Waals surface area (Å²) in [7, 11) is 0. The quantitative estimate of drug-likeness (QED) is 0.380. The Balaban J connectivity index is 1.86. The monoisotopic (exact) mass is 479 g/mol. The Morgan fingerprint density at radius 3 is 2.35 bits per heavy atom. The number of aromatic nitrogens is 2. The van der Waals surface area contributed by atoms with Gasteiger partial charge in [0.25, 0.3) is 5.69 Å². The third-order valence-electron chi connectivity index (χ3n) is 4.53. The number of carbonyl (C=O) groups excluding carboxylic acids is 1. The number of nitro benzene ring substituents is 1. The molecular formula is C20H16F3N5O6. The van der Waals surface area contributed by atoms with Crippen LogP contribution in [0.2, 0.25) is 0 Å². The first-order valence-corrected chi connectivity index (χ1v) is 9.48. The van der Waals surface area contributed by atoms with E-state index in [0.717, 1.165) is 24.6 Å². The molecule has 0 saturated carbocycles. The number of carbonyl (C=O) groups is 1. The molecule has 1 amide bonds. The lowest BCUT2D eigenvalue weighted by molar-refractivity contribution is -0.388. The van der Waals surface area contributed by atoms with Crippen LogP contribution in [-0.2, 0) is 17.5 Å². The molecule has 0 atom stereocenters. The Hall–Kier alpha value is -4.49. The SMILES string of the molecule is Cc1cccc(Oc2cc(NC(=O)Cn3nc(C(F)(F)F)c([N+](=O)[O-])c3C)cc([N+](=O)[O-])c2)c1. The molecule has 0 aliphatic carbocycles. The van der Waals surface area contributed by atoms with E-state index in [1.165, 1.54) is 6.07 Å². The van der Waals surface area contributed by atoms with Crippen molar-refractivity contribution in [1.29, 1.82) is 0 Å². The summed E-state index contributed by atoms with van der Waals surface area (Å²) in [6.45, 7) is 2.03. The number of nitro groups is 2. The molecule has 0 aliphatic heterocycles. The summed E-state index contributed by atoms with van der Waals surface area (Å²) in [6.07, 6.45) is -5.10. The number of nitrogens with zero attached hydrogens (tertiary/aromatic N) is 4. The van der Waals surface area contributed by atoms with Gasteiger partial charge in [-0.1, -0.05) is 12.1 Å². The molecule has 11 nitrogen and oxygen atoms in total.